The minimum Gasteiger partial charge on any atom is -0.497 e. The quantitative estimate of drug-likeness (QED) is 0.190. The Hall–Kier alpha value is -1.26. The van der Waals surface area contributed by atoms with Crippen molar-refractivity contribution in [3.05, 3.63) is 24.3 Å². The topological polar surface area (TPSA) is 73.3 Å². The lowest BCUT2D eigenvalue weighted by Gasteiger charge is -2.18. The Labute approximate surface area is 180 Å². The van der Waals surface area contributed by atoms with E-state index >= 15 is 0 Å². The van der Waals surface area contributed by atoms with E-state index in [-0.39, 0.29) is 30.1 Å². The Morgan fingerprint density at radius 2 is 1.85 bits per heavy atom. The number of benzene rings is 1. The summed E-state index contributed by atoms with van der Waals surface area (Å²) >= 11 is 0. The van der Waals surface area contributed by atoms with Crippen molar-refractivity contribution in [3.8, 4) is 11.5 Å². The van der Waals surface area contributed by atoms with Crippen LogP contribution in [0.25, 0.3) is 0 Å². The molecule has 0 saturated carbocycles. The number of hydrogen-bond donors (Lipinski definition) is 2. The van der Waals surface area contributed by atoms with E-state index < -0.39 is 0 Å². The van der Waals surface area contributed by atoms with Crippen molar-refractivity contribution in [3.63, 3.8) is 0 Å². The van der Waals surface area contributed by atoms with Gasteiger partial charge in [0.2, 0.25) is 0 Å². The van der Waals surface area contributed by atoms with Gasteiger partial charge in [0.15, 0.2) is 5.96 Å². The molecule has 1 aromatic carbocycles. The van der Waals surface area contributed by atoms with E-state index in [4.69, 9.17) is 18.9 Å². The summed E-state index contributed by atoms with van der Waals surface area (Å²) in [5, 5.41) is 6.56. The fourth-order valence-corrected chi connectivity index (χ4v) is 2.19. The fourth-order valence-electron chi connectivity index (χ4n) is 2.19. The fraction of sp³-hybridized carbons (Fsp3) is 0.632. The van der Waals surface area contributed by atoms with E-state index in [0.29, 0.717) is 19.8 Å². The highest BCUT2D eigenvalue weighted by atomic mass is 127. The molecule has 0 aliphatic carbocycles. The smallest absolute Gasteiger partial charge is 0.191 e. The molecule has 27 heavy (non-hydrogen) atoms. The van der Waals surface area contributed by atoms with Crippen molar-refractivity contribution < 1.29 is 18.9 Å². The summed E-state index contributed by atoms with van der Waals surface area (Å²) in [6.07, 6.45) is 2.02. The van der Waals surface area contributed by atoms with Crippen LogP contribution in [-0.4, -0.2) is 66.2 Å². The van der Waals surface area contributed by atoms with E-state index in [2.05, 4.69) is 15.6 Å². The molecule has 1 rings (SSSR count). The normalized spacial score (nSPS) is 12.1. The number of methoxy groups -OCH3 is 2. The first-order chi connectivity index (χ1) is 12.7. The Bertz CT molecular complexity index is 517. The van der Waals surface area contributed by atoms with E-state index in [1.165, 1.54) is 0 Å². The first-order valence-electron chi connectivity index (χ1n) is 9.01. The number of hydrogen-bond acceptors (Lipinski definition) is 5. The lowest BCUT2D eigenvalue weighted by Crippen LogP contribution is -2.42. The second kappa shape index (κ2) is 16.9. The van der Waals surface area contributed by atoms with E-state index in [1.54, 1.807) is 21.3 Å². The number of halogens is 1. The molecule has 0 aliphatic heterocycles. The van der Waals surface area contributed by atoms with Crippen LogP contribution in [0.15, 0.2) is 29.3 Å². The lowest BCUT2D eigenvalue weighted by atomic mass is 10.3. The highest BCUT2D eigenvalue weighted by Gasteiger charge is 2.06. The lowest BCUT2D eigenvalue weighted by molar-refractivity contribution is 0.0689. The van der Waals surface area contributed by atoms with Gasteiger partial charge in [-0.1, -0.05) is 6.07 Å². The van der Waals surface area contributed by atoms with Gasteiger partial charge < -0.3 is 29.6 Å². The summed E-state index contributed by atoms with van der Waals surface area (Å²) in [6, 6.07) is 7.59. The first-order valence-corrected chi connectivity index (χ1v) is 9.01. The number of unbranched alkanes of at least 4 members (excludes halogenated alkanes) is 1. The van der Waals surface area contributed by atoms with E-state index in [1.807, 2.05) is 31.2 Å². The molecule has 0 amide bonds. The molecule has 156 valence electrons. The van der Waals surface area contributed by atoms with Crippen molar-refractivity contribution in [1.82, 2.24) is 10.6 Å². The molecule has 0 heterocycles. The molecule has 1 unspecified atom stereocenters. The van der Waals surface area contributed by atoms with Gasteiger partial charge in [-0.15, -0.1) is 24.0 Å². The zero-order valence-electron chi connectivity index (χ0n) is 16.8. The average Bonchev–Trinajstić information content (AvgIpc) is 2.66. The van der Waals surface area contributed by atoms with Crippen molar-refractivity contribution in [1.29, 1.82) is 0 Å². The van der Waals surface area contributed by atoms with Gasteiger partial charge in [-0.25, -0.2) is 0 Å². The van der Waals surface area contributed by atoms with Crippen LogP contribution in [0, 0.1) is 0 Å². The summed E-state index contributed by atoms with van der Waals surface area (Å²) < 4.78 is 21.5. The third kappa shape index (κ3) is 12.7. The Balaban J connectivity index is 0.00000676. The van der Waals surface area contributed by atoms with Crippen LogP contribution in [0.1, 0.15) is 19.8 Å². The molecule has 0 spiro atoms. The minimum absolute atomic E-state index is 0. The number of guanidine groups is 1. The molecule has 0 radical (unpaired) electrons. The number of nitrogens with one attached hydrogen (secondary N) is 2. The SMILES string of the molecule is CN=C(NCCCCOCCOC)NCC(C)Oc1cccc(OC)c1.I. The van der Waals surface area contributed by atoms with Crippen LogP contribution in [0.4, 0.5) is 0 Å². The molecule has 8 heteroatoms. The molecule has 0 fully saturated rings. The predicted octanol–water partition coefficient (Wildman–Crippen LogP) is 2.69. The second-order valence-electron chi connectivity index (χ2n) is 5.80. The van der Waals surface area contributed by atoms with Gasteiger partial charge in [0.1, 0.15) is 17.6 Å². The number of ether oxygens (including phenoxy) is 4. The molecule has 2 N–H and O–H groups in total. The van der Waals surface area contributed by atoms with Crippen molar-refractivity contribution in [2.45, 2.75) is 25.9 Å². The van der Waals surface area contributed by atoms with Gasteiger partial charge in [-0.2, -0.15) is 0 Å². The zero-order chi connectivity index (χ0) is 19.0. The van der Waals surface area contributed by atoms with Gasteiger partial charge in [-0.05, 0) is 31.9 Å². The third-order valence-electron chi connectivity index (χ3n) is 3.60. The standard InChI is InChI=1S/C19H33N3O4.HI/c1-16(26-18-9-7-8-17(14-18)24-4)15-22-19(20-2)21-10-5-6-11-25-13-12-23-3;/h7-9,14,16H,5-6,10-13,15H2,1-4H3,(H2,20,21,22);1H. The van der Waals surface area contributed by atoms with Gasteiger partial charge in [-0.3, -0.25) is 4.99 Å². The maximum absolute atomic E-state index is 5.89. The van der Waals surface area contributed by atoms with Gasteiger partial charge in [0, 0.05) is 33.4 Å². The summed E-state index contributed by atoms with van der Waals surface area (Å²) in [5.41, 5.74) is 0. The summed E-state index contributed by atoms with van der Waals surface area (Å²) in [6.45, 7) is 5.55. The Morgan fingerprint density at radius 3 is 2.56 bits per heavy atom. The molecular weight excluding hydrogens is 461 g/mol. The van der Waals surface area contributed by atoms with Crippen LogP contribution in [0.3, 0.4) is 0 Å². The second-order valence-corrected chi connectivity index (χ2v) is 5.80. The third-order valence-corrected chi connectivity index (χ3v) is 3.60. The largest absolute Gasteiger partial charge is 0.497 e. The molecule has 0 saturated heterocycles. The summed E-state index contributed by atoms with van der Waals surface area (Å²) in [7, 11) is 5.08. The molecule has 7 nitrogen and oxygen atoms in total. The van der Waals surface area contributed by atoms with Gasteiger partial charge in [0.25, 0.3) is 0 Å². The zero-order valence-corrected chi connectivity index (χ0v) is 19.2. The van der Waals surface area contributed by atoms with E-state index in [9.17, 15) is 0 Å². The van der Waals surface area contributed by atoms with Gasteiger partial charge >= 0.3 is 0 Å². The average molecular weight is 495 g/mol. The molecular formula is C19H34IN3O4. The maximum Gasteiger partial charge on any atom is 0.191 e. The Morgan fingerprint density at radius 1 is 1.07 bits per heavy atom. The van der Waals surface area contributed by atoms with Crippen molar-refractivity contribution >= 4 is 29.9 Å². The van der Waals surface area contributed by atoms with Crippen molar-refractivity contribution in [2.75, 3.05) is 54.2 Å². The van der Waals surface area contributed by atoms with Crippen LogP contribution in [0.2, 0.25) is 0 Å². The highest BCUT2D eigenvalue weighted by molar-refractivity contribution is 14.0. The van der Waals surface area contributed by atoms with Crippen LogP contribution in [0.5, 0.6) is 11.5 Å². The van der Waals surface area contributed by atoms with Crippen LogP contribution < -0.4 is 20.1 Å². The van der Waals surface area contributed by atoms with E-state index in [0.717, 1.165) is 43.5 Å². The maximum atomic E-state index is 5.89. The van der Waals surface area contributed by atoms with Gasteiger partial charge in [0.05, 0.1) is 26.9 Å². The molecule has 0 aromatic heterocycles. The Kier molecular flexibility index (Phi) is 16.1. The molecule has 0 aliphatic rings. The highest BCUT2D eigenvalue weighted by Crippen LogP contribution is 2.19. The molecule has 1 atom stereocenters. The first kappa shape index (κ1) is 25.7. The van der Waals surface area contributed by atoms with Crippen LogP contribution >= 0.6 is 24.0 Å². The summed E-state index contributed by atoms with van der Waals surface area (Å²) in [4.78, 5) is 4.22. The van der Waals surface area contributed by atoms with Crippen molar-refractivity contribution in [2.24, 2.45) is 4.99 Å². The monoisotopic (exact) mass is 495 g/mol. The molecule has 0 bridgehead atoms. The number of aliphatic imine (C=N–C) groups is 1. The number of nitrogens with zero attached hydrogens (tertiary/aromatic N) is 1. The minimum atomic E-state index is -0.00478. The number of rotatable bonds is 13. The molecule has 1 aromatic rings. The van der Waals surface area contributed by atoms with Crippen LogP contribution in [-0.2, 0) is 9.47 Å². The predicted molar refractivity (Wildman–Crippen MR) is 120 cm³/mol. The summed E-state index contributed by atoms with van der Waals surface area (Å²) in [5.74, 6) is 2.34.